The van der Waals surface area contributed by atoms with Crippen molar-refractivity contribution < 1.29 is 20.8 Å². The molecule has 10 atom stereocenters. The number of rotatable bonds is 0. The van der Waals surface area contributed by atoms with Crippen LogP contribution in [0.5, 0.6) is 0 Å². The van der Waals surface area contributed by atoms with Crippen molar-refractivity contribution in [3.8, 4) is 0 Å². The molecule has 0 bridgehead atoms. The molecule has 5 aliphatic rings. The van der Waals surface area contributed by atoms with Gasteiger partial charge in [-0.2, -0.15) is 0 Å². The fraction of sp³-hybridized carbons (Fsp3) is 0.923. The van der Waals surface area contributed by atoms with Crippen molar-refractivity contribution in [3.05, 3.63) is 14.9 Å². The van der Waals surface area contributed by atoms with E-state index in [9.17, 15) is 0 Å². The first-order valence-corrected chi connectivity index (χ1v) is 18.5. The van der Waals surface area contributed by atoms with Crippen molar-refractivity contribution in [2.24, 2.45) is 59.2 Å². The molecule has 0 nitrogen and oxygen atoms in total. The van der Waals surface area contributed by atoms with Gasteiger partial charge >= 0.3 is 37.9 Å². The van der Waals surface area contributed by atoms with Gasteiger partial charge in [-0.05, 0) is 111 Å². The summed E-state index contributed by atoms with van der Waals surface area (Å²) in [5.74, 6) is 11.1. The molecule has 29 heavy (non-hydrogen) atoms. The summed E-state index contributed by atoms with van der Waals surface area (Å²) in [5.41, 5.74) is 0. The van der Waals surface area contributed by atoms with Crippen LogP contribution < -0.4 is 0 Å². The molecule has 0 aliphatic heterocycles. The standard InChI is InChI=1S/C24H40.2CH3.2ClH.Zr/c1-15-17-7-3-5-9-21(17)23-14-12-20-16(2)18-8-4-6-10-22(18)24(20)13-11-19(15)23;;;;;/h15-24H,3-14H2,1-2H3;2*1H3;2*1H;/q;2*-1;;;+4/p-2. The van der Waals surface area contributed by atoms with E-state index in [0.717, 1.165) is 59.2 Å². The molecule has 0 N–H and O–H groups in total. The van der Waals surface area contributed by atoms with Crippen LogP contribution in [0, 0.1) is 74.0 Å². The summed E-state index contributed by atoms with van der Waals surface area (Å²) < 4.78 is 0. The Kier molecular flexibility index (Phi) is 11.1. The van der Waals surface area contributed by atoms with Crippen molar-refractivity contribution in [3.63, 3.8) is 0 Å². The van der Waals surface area contributed by atoms with Crippen molar-refractivity contribution >= 4 is 17.0 Å². The molecule has 10 unspecified atom stereocenters. The van der Waals surface area contributed by atoms with Gasteiger partial charge < -0.3 is 14.9 Å². The summed E-state index contributed by atoms with van der Waals surface area (Å²) in [6, 6.07) is 0. The number of fused-ring (bicyclic) bond motifs is 6. The molecular weight excluding hydrogens is 474 g/mol. The SMILES string of the molecule is CC1C2CCCCC2C2CCC3C(C)C4CCCCC4C3CCC12.[CH3-].[CH3-].[Cl][Zr+2][Cl]. The second-order valence-electron chi connectivity index (χ2n) is 10.8. The van der Waals surface area contributed by atoms with Crippen LogP contribution >= 0.6 is 17.0 Å². The Morgan fingerprint density at radius 2 is 0.655 bits per heavy atom. The molecular formula is C26H46Cl2Zr. The topological polar surface area (TPSA) is 0 Å². The first-order chi connectivity index (χ1) is 13.2. The van der Waals surface area contributed by atoms with E-state index in [0.29, 0.717) is 0 Å². The van der Waals surface area contributed by atoms with Gasteiger partial charge in [-0.15, -0.1) is 0 Å². The Morgan fingerprint density at radius 3 is 1.00 bits per heavy atom. The number of halogens is 2. The minimum atomic E-state index is -0.826. The van der Waals surface area contributed by atoms with E-state index < -0.39 is 20.8 Å². The Balaban J connectivity index is 0.000000568. The Hall–Kier alpha value is 1.46. The van der Waals surface area contributed by atoms with Crippen LogP contribution in [-0.4, -0.2) is 0 Å². The van der Waals surface area contributed by atoms with Gasteiger partial charge in [-0.3, -0.25) is 0 Å². The predicted octanol–water partition coefficient (Wildman–Crippen LogP) is 9.21. The summed E-state index contributed by atoms with van der Waals surface area (Å²) >= 11 is -0.826. The van der Waals surface area contributed by atoms with E-state index in [2.05, 4.69) is 13.8 Å². The van der Waals surface area contributed by atoms with Gasteiger partial charge in [0.05, 0.1) is 0 Å². The molecule has 0 aromatic heterocycles. The summed E-state index contributed by atoms with van der Waals surface area (Å²) in [7, 11) is 9.87. The number of hydrogen-bond donors (Lipinski definition) is 0. The normalized spacial score (nSPS) is 47.7. The maximum absolute atomic E-state index is 4.93. The summed E-state index contributed by atoms with van der Waals surface area (Å²) in [6.45, 7) is 5.32. The van der Waals surface area contributed by atoms with Gasteiger partial charge in [0.15, 0.2) is 0 Å². The van der Waals surface area contributed by atoms with Gasteiger partial charge in [0.25, 0.3) is 0 Å². The van der Waals surface area contributed by atoms with Gasteiger partial charge in [-0.25, -0.2) is 0 Å². The van der Waals surface area contributed by atoms with E-state index in [1.807, 2.05) is 0 Å². The third-order valence-corrected chi connectivity index (χ3v) is 10.3. The molecule has 168 valence electrons. The molecule has 0 radical (unpaired) electrons. The minimum absolute atomic E-state index is 0. The van der Waals surface area contributed by atoms with Gasteiger partial charge in [0.1, 0.15) is 0 Å². The fourth-order valence-electron chi connectivity index (χ4n) is 9.38. The van der Waals surface area contributed by atoms with E-state index in [4.69, 9.17) is 17.0 Å². The van der Waals surface area contributed by atoms with Crippen molar-refractivity contribution in [1.82, 2.24) is 0 Å². The first kappa shape index (κ1) is 26.7. The molecule has 5 rings (SSSR count). The average Bonchev–Trinajstić information content (AvgIpc) is 3.08. The van der Waals surface area contributed by atoms with Crippen LogP contribution in [0.3, 0.4) is 0 Å². The Labute approximate surface area is 201 Å². The second kappa shape index (κ2) is 12.1. The predicted molar refractivity (Wildman–Crippen MR) is 126 cm³/mol. The van der Waals surface area contributed by atoms with Crippen LogP contribution in [0.4, 0.5) is 0 Å². The molecule has 0 heterocycles. The second-order valence-corrected chi connectivity index (χ2v) is 14.6. The third kappa shape index (κ3) is 5.19. The molecule has 5 fully saturated rings. The van der Waals surface area contributed by atoms with Crippen LogP contribution in [0.2, 0.25) is 0 Å². The molecule has 3 heteroatoms. The molecule has 0 saturated heterocycles. The van der Waals surface area contributed by atoms with E-state index in [-0.39, 0.29) is 14.9 Å². The Morgan fingerprint density at radius 1 is 0.448 bits per heavy atom. The Bertz CT molecular complexity index is 441. The molecule has 5 saturated carbocycles. The van der Waals surface area contributed by atoms with Crippen LogP contribution in [0.1, 0.15) is 90.9 Å². The van der Waals surface area contributed by atoms with E-state index in [1.54, 1.807) is 64.2 Å². The monoisotopic (exact) mass is 518 g/mol. The first-order valence-electron chi connectivity index (χ1n) is 12.1. The van der Waals surface area contributed by atoms with Crippen molar-refractivity contribution in [2.75, 3.05) is 0 Å². The molecule has 0 aromatic rings. The van der Waals surface area contributed by atoms with E-state index >= 15 is 0 Å². The molecule has 0 spiro atoms. The zero-order chi connectivity index (χ0) is 19.0. The summed E-state index contributed by atoms with van der Waals surface area (Å²) in [6.07, 6.45) is 18.9. The van der Waals surface area contributed by atoms with E-state index in [1.165, 1.54) is 12.8 Å². The molecule has 0 amide bonds. The molecule has 0 aromatic carbocycles. The van der Waals surface area contributed by atoms with Crippen LogP contribution in [0.25, 0.3) is 0 Å². The van der Waals surface area contributed by atoms with Crippen LogP contribution in [0.15, 0.2) is 0 Å². The fourth-order valence-corrected chi connectivity index (χ4v) is 9.38. The van der Waals surface area contributed by atoms with Gasteiger partial charge in [0.2, 0.25) is 0 Å². The van der Waals surface area contributed by atoms with Crippen molar-refractivity contribution in [2.45, 2.75) is 90.9 Å². The maximum atomic E-state index is 4.93. The zero-order valence-electron chi connectivity index (χ0n) is 19.5. The number of hydrogen-bond acceptors (Lipinski definition) is 0. The van der Waals surface area contributed by atoms with Crippen molar-refractivity contribution in [1.29, 1.82) is 0 Å². The van der Waals surface area contributed by atoms with Gasteiger partial charge in [0, 0.05) is 0 Å². The quantitative estimate of drug-likeness (QED) is 0.279. The van der Waals surface area contributed by atoms with Gasteiger partial charge in [-0.1, -0.05) is 39.5 Å². The average molecular weight is 521 g/mol. The summed E-state index contributed by atoms with van der Waals surface area (Å²) in [5, 5.41) is 0. The third-order valence-electron chi connectivity index (χ3n) is 10.3. The zero-order valence-corrected chi connectivity index (χ0v) is 23.5. The molecule has 5 aliphatic carbocycles. The van der Waals surface area contributed by atoms with Crippen LogP contribution in [-0.2, 0) is 20.8 Å². The summed E-state index contributed by atoms with van der Waals surface area (Å²) in [4.78, 5) is 0.